The molecule has 5 nitrogen and oxygen atoms in total. The molecule has 0 radical (unpaired) electrons. The smallest absolute Gasteiger partial charge is 0.317 e. The van der Waals surface area contributed by atoms with E-state index in [-0.39, 0.29) is 18.0 Å². The van der Waals surface area contributed by atoms with Gasteiger partial charge < -0.3 is 15.3 Å². The molecule has 116 valence electrons. The second kappa shape index (κ2) is 8.12. The minimum atomic E-state index is -0.746. The van der Waals surface area contributed by atoms with Gasteiger partial charge in [0.2, 0.25) is 0 Å². The van der Waals surface area contributed by atoms with Gasteiger partial charge in [-0.15, -0.1) is 0 Å². The van der Waals surface area contributed by atoms with Crippen molar-refractivity contribution in [3.8, 4) is 0 Å². The lowest BCUT2D eigenvalue weighted by atomic mass is 10.0. The highest BCUT2D eigenvalue weighted by Crippen LogP contribution is 2.27. The third-order valence-corrected chi connectivity index (χ3v) is 3.78. The van der Waals surface area contributed by atoms with E-state index in [2.05, 4.69) is 12.2 Å². The first-order valence-corrected chi connectivity index (χ1v) is 7.75. The topological polar surface area (TPSA) is 69.6 Å². The molecule has 2 N–H and O–H groups in total. The highest BCUT2D eigenvalue weighted by molar-refractivity contribution is 5.75. The van der Waals surface area contributed by atoms with E-state index in [1.807, 2.05) is 11.8 Å². The highest BCUT2D eigenvalue weighted by atomic mass is 16.4. The van der Waals surface area contributed by atoms with Gasteiger partial charge in [0.05, 0.1) is 5.92 Å². The van der Waals surface area contributed by atoms with Gasteiger partial charge in [0.1, 0.15) is 0 Å². The number of urea groups is 1. The number of amides is 2. The van der Waals surface area contributed by atoms with Gasteiger partial charge in [-0.3, -0.25) is 4.79 Å². The van der Waals surface area contributed by atoms with Crippen LogP contribution in [0.3, 0.4) is 0 Å². The zero-order valence-electron chi connectivity index (χ0n) is 12.9. The maximum absolute atomic E-state index is 12.2. The zero-order chi connectivity index (χ0) is 15.1. The molecule has 1 aliphatic carbocycles. The predicted octanol–water partition coefficient (Wildman–Crippen LogP) is 2.85. The first kappa shape index (κ1) is 16.8. The number of hydrogen-bond acceptors (Lipinski definition) is 2. The third kappa shape index (κ3) is 5.80. The number of aliphatic carboxylic acids is 1. The summed E-state index contributed by atoms with van der Waals surface area (Å²) in [4.78, 5) is 24.8. The number of nitrogens with zero attached hydrogens (tertiary/aromatic N) is 1. The Balaban J connectivity index is 2.24. The number of carbonyl (C=O) groups excluding carboxylic acids is 1. The van der Waals surface area contributed by atoms with Crippen molar-refractivity contribution < 1.29 is 14.7 Å². The Hall–Kier alpha value is -1.26. The molecule has 2 atom stereocenters. The molecule has 2 amide bonds. The minimum Gasteiger partial charge on any atom is -0.481 e. The van der Waals surface area contributed by atoms with Gasteiger partial charge in [-0.2, -0.15) is 0 Å². The van der Waals surface area contributed by atoms with Crippen LogP contribution in [0.1, 0.15) is 59.3 Å². The van der Waals surface area contributed by atoms with Crippen molar-refractivity contribution >= 4 is 12.0 Å². The Labute approximate surface area is 121 Å². The average Bonchev–Trinajstić information content (AvgIpc) is 3.19. The molecule has 0 aromatic heterocycles. The van der Waals surface area contributed by atoms with Crippen LogP contribution in [0.25, 0.3) is 0 Å². The summed E-state index contributed by atoms with van der Waals surface area (Å²) in [5.74, 6) is -1.05. The molecule has 0 saturated heterocycles. The maximum atomic E-state index is 12.2. The van der Waals surface area contributed by atoms with E-state index in [1.54, 1.807) is 6.92 Å². The van der Waals surface area contributed by atoms with E-state index >= 15 is 0 Å². The Morgan fingerprint density at radius 3 is 2.45 bits per heavy atom. The molecule has 1 aliphatic rings. The maximum Gasteiger partial charge on any atom is 0.317 e. The molecule has 0 aromatic carbocycles. The fourth-order valence-corrected chi connectivity index (χ4v) is 2.30. The molecule has 5 heteroatoms. The van der Waals surface area contributed by atoms with Gasteiger partial charge in [0.25, 0.3) is 0 Å². The lowest BCUT2D eigenvalue weighted by molar-refractivity contribution is -0.141. The largest absolute Gasteiger partial charge is 0.481 e. The Bertz CT molecular complexity index is 329. The molecule has 1 saturated carbocycles. The van der Waals surface area contributed by atoms with E-state index in [0.717, 1.165) is 38.6 Å². The summed E-state index contributed by atoms with van der Waals surface area (Å²) in [5, 5.41) is 11.8. The second-order valence-corrected chi connectivity index (χ2v) is 5.95. The average molecular weight is 284 g/mol. The predicted molar refractivity (Wildman–Crippen MR) is 78.7 cm³/mol. The van der Waals surface area contributed by atoms with E-state index in [9.17, 15) is 9.59 Å². The van der Waals surface area contributed by atoms with Gasteiger partial charge in [-0.05, 0) is 39.0 Å². The van der Waals surface area contributed by atoms with Crippen molar-refractivity contribution in [1.29, 1.82) is 0 Å². The molecule has 2 unspecified atom stereocenters. The number of hydrogen-bond donors (Lipinski definition) is 2. The lowest BCUT2D eigenvalue weighted by Crippen LogP contribution is -2.45. The third-order valence-electron chi connectivity index (χ3n) is 3.78. The summed E-state index contributed by atoms with van der Waals surface area (Å²) >= 11 is 0. The van der Waals surface area contributed by atoms with E-state index in [0.29, 0.717) is 12.5 Å². The van der Waals surface area contributed by atoms with Crippen molar-refractivity contribution in [2.24, 2.45) is 5.92 Å². The summed E-state index contributed by atoms with van der Waals surface area (Å²) in [6.07, 6.45) is 5.54. The first-order valence-electron chi connectivity index (χ1n) is 7.75. The monoisotopic (exact) mass is 284 g/mol. The van der Waals surface area contributed by atoms with Crippen LogP contribution < -0.4 is 5.32 Å². The molecule has 0 bridgehead atoms. The molecular weight excluding hydrogens is 256 g/mol. The summed E-state index contributed by atoms with van der Waals surface area (Å²) in [7, 11) is 0. The number of rotatable bonds is 9. The summed E-state index contributed by atoms with van der Waals surface area (Å²) in [5.41, 5.74) is 0. The van der Waals surface area contributed by atoms with Crippen LogP contribution in [0.4, 0.5) is 4.79 Å². The van der Waals surface area contributed by atoms with E-state index in [4.69, 9.17) is 5.11 Å². The molecule has 0 spiro atoms. The van der Waals surface area contributed by atoms with Crippen LogP contribution in [0.2, 0.25) is 0 Å². The summed E-state index contributed by atoms with van der Waals surface area (Å²) < 4.78 is 0. The fraction of sp³-hybridized carbons (Fsp3) is 0.867. The van der Waals surface area contributed by atoms with Gasteiger partial charge in [0.15, 0.2) is 0 Å². The molecule has 0 heterocycles. The molecule has 0 aliphatic heterocycles. The summed E-state index contributed by atoms with van der Waals surface area (Å²) in [6, 6.07) is 0.573. The van der Waals surface area contributed by atoms with Crippen molar-refractivity contribution in [2.45, 2.75) is 71.4 Å². The van der Waals surface area contributed by atoms with Gasteiger partial charge in [-0.1, -0.05) is 20.3 Å². The number of nitrogens with one attached hydrogen (secondary N) is 1. The number of carboxylic acid groups (broad SMARTS) is 1. The van der Waals surface area contributed by atoms with Crippen molar-refractivity contribution in [2.75, 3.05) is 6.54 Å². The Morgan fingerprint density at radius 2 is 1.95 bits per heavy atom. The Morgan fingerprint density at radius 1 is 1.30 bits per heavy atom. The highest BCUT2D eigenvalue weighted by Gasteiger charge is 2.32. The van der Waals surface area contributed by atoms with Gasteiger partial charge in [0, 0.05) is 18.6 Å². The van der Waals surface area contributed by atoms with Gasteiger partial charge in [-0.25, -0.2) is 4.79 Å². The molecule has 1 fully saturated rings. The lowest BCUT2D eigenvalue weighted by Gasteiger charge is -2.24. The Kier molecular flexibility index (Phi) is 6.82. The second-order valence-electron chi connectivity index (χ2n) is 5.95. The standard InChI is InChI=1S/C15H28N2O3/c1-4-10-17(13-8-9-13)15(20)16-12(3)7-5-6-11(2)14(18)19/h11-13H,4-10H2,1-3H3,(H,16,20)(H,18,19). The normalized spacial score (nSPS) is 17.4. The van der Waals surface area contributed by atoms with Crippen LogP contribution in [0.15, 0.2) is 0 Å². The number of carbonyl (C=O) groups is 2. The first-order chi connectivity index (χ1) is 9.45. The molecule has 0 aromatic rings. The van der Waals surface area contributed by atoms with Crippen LogP contribution in [0.5, 0.6) is 0 Å². The van der Waals surface area contributed by atoms with Gasteiger partial charge >= 0.3 is 12.0 Å². The van der Waals surface area contributed by atoms with Crippen molar-refractivity contribution in [3.63, 3.8) is 0 Å². The van der Waals surface area contributed by atoms with Crippen LogP contribution in [-0.2, 0) is 4.79 Å². The van der Waals surface area contributed by atoms with Crippen LogP contribution in [0, 0.1) is 5.92 Å². The van der Waals surface area contributed by atoms with E-state index < -0.39 is 5.97 Å². The van der Waals surface area contributed by atoms with E-state index in [1.165, 1.54) is 0 Å². The summed E-state index contributed by atoms with van der Waals surface area (Å²) in [6.45, 7) is 6.61. The van der Waals surface area contributed by atoms with Crippen molar-refractivity contribution in [3.05, 3.63) is 0 Å². The van der Waals surface area contributed by atoms with Crippen LogP contribution in [-0.4, -0.2) is 40.6 Å². The molecular formula is C15H28N2O3. The SMILES string of the molecule is CCCN(C(=O)NC(C)CCCC(C)C(=O)O)C1CC1. The zero-order valence-corrected chi connectivity index (χ0v) is 12.9. The van der Waals surface area contributed by atoms with Crippen molar-refractivity contribution in [1.82, 2.24) is 10.2 Å². The number of carboxylic acids is 1. The molecule has 20 heavy (non-hydrogen) atoms. The quantitative estimate of drug-likeness (QED) is 0.684. The molecule has 1 rings (SSSR count). The van der Waals surface area contributed by atoms with Crippen LogP contribution >= 0.6 is 0 Å². The fourth-order valence-electron chi connectivity index (χ4n) is 2.30. The minimum absolute atomic E-state index is 0.0353.